The van der Waals surface area contributed by atoms with Crippen LogP contribution < -0.4 is 10.2 Å². The zero-order valence-corrected chi connectivity index (χ0v) is 13.6. The van der Waals surface area contributed by atoms with Crippen LogP contribution in [0.4, 0.5) is 17.3 Å². The van der Waals surface area contributed by atoms with Crippen LogP contribution >= 0.6 is 11.6 Å². The van der Waals surface area contributed by atoms with Crippen molar-refractivity contribution in [3.63, 3.8) is 0 Å². The van der Waals surface area contributed by atoms with Gasteiger partial charge in [0.2, 0.25) is 5.28 Å². The third-order valence-corrected chi connectivity index (χ3v) is 3.45. The minimum Gasteiger partial charge on any atom is -0.361 e. The van der Waals surface area contributed by atoms with Gasteiger partial charge in [0.25, 0.3) is 0 Å². The fourth-order valence-corrected chi connectivity index (χ4v) is 2.42. The van der Waals surface area contributed by atoms with E-state index in [-0.39, 0.29) is 5.28 Å². The number of hydrogen-bond donors (Lipinski definition) is 2. The number of rotatable bonds is 5. The van der Waals surface area contributed by atoms with E-state index in [9.17, 15) is 0 Å². The lowest BCUT2D eigenvalue weighted by Crippen LogP contribution is -2.13. The highest BCUT2D eigenvalue weighted by Crippen LogP contribution is 2.33. The molecule has 3 rings (SSSR count). The molecule has 0 aliphatic carbocycles. The summed E-state index contributed by atoms with van der Waals surface area (Å²) in [6.45, 7) is 4.05. The highest BCUT2D eigenvalue weighted by atomic mass is 35.5. The lowest BCUT2D eigenvalue weighted by Gasteiger charge is -2.16. The van der Waals surface area contributed by atoms with E-state index in [1.165, 1.54) is 0 Å². The minimum atomic E-state index is 0.146. The molecule has 0 atom stereocenters. The number of halogens is 1. The van der Waals surface area contributed by atoms with Crippen molar-refractivity contribution in [2.45, 2.75) is 6.54 Å². The van der Waals surface area contributed by atoms with Crippen molar-refractivity contribution in [1.29, 1.82) is 0 Å². The van der Waals surface area contributed by atoms with Crippen LogP contribution in [0.3, 0.4) is 0 Å². The number of aromatic amines is 1. The lowest BCUT2D eigenvalue weighted by molar-refractivity contribution is 0.980. The molecule has 1 aromatic carbocycles. The van der Waals surface area contributed by atoms with Crippen molar-refractivity contribution in [2.24, 2.45) is 4.99 Å². The van der Waals surface area contributed by atoms with Crippen LogP contribution in [0.1, 0.15) is 5.82 Å². The van der Waals surface area contributed by atoms with Crippen molar-refractivity contribution in [3.8, 4) is 0 Å². The molecule has 0 fully saturated rings. The van der Waals surface area contributed by atoms with Gasteiger partial charge in [0.1, 0.15) is 11.5 Å². The van der Waals surface area contributed by atoms with E-state index in [1.54, 1.807) is 0 Å². The zero-order chi connectivity index (χ0) is 16.4. The van der Waals surface area contributed by atoms with Crippen molar-refractivity contribution in [2.75, 3.05) is 24.3 Å². The largest absolute Gasteiger partial charge is 0.361 e. The topological polar surface area (TPSA) is 82.1 Å². The van der Waals surface area contributed by atoms with E-state index in [0.717, 1.165) is 16.9 Å². The number of aromatic nitrogens is 4. The van der Waals surface area contributed by atoms with Gasteiger partial charge in [-0.05, 0) is 30.5 Å². The van der Waals surface area contributed by atoms with E-state index in [2.05, 4.69) is 37.0 Å². The summed E-state index contributed by atoms with van der Waals surface area (Å²) >= 11 is 5.99. The van der Waals surface area contributed by atoms with Crippen LogP contribution in [-0.2, 0) is 6.54 Å². The molecule has 0 amide bonds. The van der Waals surface area contributed by atoms with Crippen LogP contribution in [0.15, 0.2) is 29.3 Å². The Hall–Kier alpha value is -2.67. The predicted octanol–water partition coefficient (Wildman–Crippen LogP) is 3.02. The van der Waals surface area contributed by atoms with Gasteiger partial charge in [-0.3, -0.25) is 4.99 Å². The molecule has 2 aromatic heterocycles. The highest BCUT2D eigenvalue weighted by molar-refractivity contribution is 6.28. The van der Waals surface area contributed by atoms with E-state index in [1.807, 2.05) is 43.3 Å². The fourth-order valence-electron chi connectivity index (χ4n) is 2.25. The molecule has 0 radical (unpaired) electrons. The standard InChI is InChI=1S/C15H16ClN7/c1-17-12-13(21-15(16)22-14(12)23(2)3)18-8-11-19-9-6-4-5-7-10(9)20-11/h4-7H,1,8H2,2-3H3,(H,19,20)(H,18,21,22). The van der Waals surface area contributed by atoms with Gasteiger partial charge in [-0.1, -0.05) is 12.1 Å². The number of para-hydroxylation sites is 2. The average Bonchev–Trinajstić information content (AvgIpc) is 2.95. The number of anilines is 2. The molecular weight excluding hydrogens is 314 g/mol. The molecule has 0 unspecified atom stereocenters. The zero-order valence-electron chi connectivity index (χ0n) is 12.8. The summed E-state index contributed by atoms with van der Waals surface area (Å²) in [6.07, 6.45) is 0. The second-order valence-corrected chi connectivity index (χ2v) is 5.46. The quantitative estimate of drug-likeness (QED) is 0.555. The van der Waals surface area contributed by atoms with E-state index >= 15 is 0 Å². The van der Waals surface area contributed by atoms with Crippen LogP contribution in [0, 0.1) is 0 Å². The number of nitrogens with one attached hydrogen (secondary N) is 2. The second kappa shape index (κ2) is 6.21. The first kappa shape index (κ1) is 15.2. The van der Waals surface area contributed by atoms with Crippen molar-refractivity contribution < 1.29 is 0 Å². The summed E-state index contributed by atoms with van der Waals surface area (Å²) in [5.74, 6) is 1.92. The third-order valence-electron chi connectivity index (χ3n) is 3.28. The van der Waals surface area contributed by atoms with Crippen LogP contribution in [0.25, 0.3) is 11.0 Å². The van der Waals surface area contributed by atoms with Crippen molar-refractivity contribution in [3.05, 3.63) is 35.4 Å². The van der Waals surface area contributed by atoms with Gasteiger partial charge in [-0.2, -0.15) is 9.97 Å². The smallest absolute Gasteiger partial charge is 0.226 e. The first-order chi connectivity index (χ1) is 11.1. The normalized spacial score (nSPS) is 10.7. The van der Waals surface area contributed by atoms with Gasteiger partial charge in [-0.25, -0.2) is 4.98 Å². The summed E-state index contributed by atoms with van der Waals surface area (Å²) < 4.78 is 0. The number of fused-ring (bicyclic) bond motifs is 1. The highest BCUT2D eigenvalue weighted by Gasteiger charge is 2.14. The molecule has 0 saturated heterocycles. The van der Waals surface area contributed by atoms with E-state index in [0.29, 0.717) is 23.9 Å². The third kappa shape index (κ3) is 3.09. The molecule has 0 spiro atoms. The van der Waals surface area contributed by atoms with Crippen molar-refractivity contribution >= 4 is 46.7 Å². The minimum absolute atomic E-state index is 0.146. The Kier molecular flexibility index (Phi) is 4.12. The molecule has 2 heterocycles. The molecule has 8 heteroatoms. The number of H-pyrrole nitrogens is 1. The summed E-state index contributed by atoms with van der Waals surface area (Å²) in [6, 6.07) is 7.85. The number of benzene rings is 1. The molecule has 0 bridgehead atoms. The van der Waals surface area contributed by atoms with Crippen molar-refractivity contribution in [1.82, 2.24) is 19.9 Å². The Morgan fingerprint density at radius 1 is 1.26 bits per heavy atom. The molecule has 118 valence electrons. The fraction of sp³-hybridized carbons (Fsp3) is 0.200. The predicted molar refractivity (Wildman–Crippen MR) is 94.0 cm³/mol. The summed E-state index contributed by atoms with van der Waals surface area (Å²) in [5, 5.41) is 3.33. The molecule has 23 heavy (non-hydrogen) atoms. The maximum Gasteiger partial charge on any atom is 0.226 e. The van der Waals surface area contributed by atoms with Gasteiger partial charge in [-0.15, -0.1) is 0 Å². The number of nitrogens with zero attached hydrogens (tertiary/aromatic N) is 5. The van der Waals surface area contributed by atoms with Crippen LogP contribution in [-0.4, -0.2) is 40.7 Å². The first-order valence-electron chi connectivity index (χ1n) is 6.97. The Morgan fingerprint density at radius 3 is 2.74 bits per heavy atom. The lowest BCUT2D eigenvalue weighted by atomic mass is 10.3. The molecule has 3 aromatic rings. The SMILES string of the molecule is C=Nc1c(NCc2nc3ccccc3[nH]2)nc(Cl)nc1N(C)C. The van der Waals surface area contributed by atoms with Gasteiger partial charge in [0.15, 0.2) is 11.6 Å². The van der Waals surface area contributed by atoms with Gasteiger partial charge in [0, 0.05) is 14.1 Å². The molecule has 0 aliphatic rings. The maximum atomic E-state index is 5.99. The summed E-state index contributed by atoms with van der Waals surface area (Å²) in [5.41, 5.74) is 2.46. The summed E-state index contributed by atoms with van der Waals surface area (Å²) in [4.78, 5) is 22.0. The summed E-state index contributed by atoms with van der Waals surface area (Å²) in [7, 11) is 3.72. The maximum absolute atomic E-state index is 5.99. The van der Waals surface area contributed by atoms with Gasteiger partial charge in [0.05, 0.1) is 17.6 Å². The molecule has 0 aliphatic heterocycles. The van der Waals surface area contributed by atoms with Gasteiger partial charge < -0.3 is 15.2 Å². The first-order valence-corrected chi connectivity index (χ1v) is 7.35. The van der Waals surface area contributed by atoms with E-state index < -0.39 is 0 Å². The molecule has 0 saturated carbocycles. The molecule has 2 N–H and O–H groups in total. The Morgan fingerprint density at radius 2 is 2.04 bits per heavy atom. The monoisotopic (exact) mass is 329 g/mol. The number of imidazole rings is 1. The Balaban J connectivity index is 1.88. The van der Waals surface area contributed by atoms with Crippen LogP contribution in [0.5, 0.6) is 0 Å². The van der Waals surface area contributed by atoms with E-state index in [4.69, 9.17) is 11.6 Å². The molecular formula is C15H16ClN7. The number of aliphatic imine (C=N–C) groups is 1. The van der Waals surface area contributed by atoms with Gasteiger partial charge >= 0.3 is 0 Å². The second-order valence-electron chi connectivity index (χ2n) is 5.12. The average molecular weight is 330 g/mol. The Labute approximate surface area is 138 Å². The molecule has 7 nitrogen and oxygen atoms in total. The van der Waals surface area contributed by atoms with Crippen LogP contribution in [0.2, 0.25) is 5.28 Å². The Bertz CT molecular complexity index is 823. The number of hydrogen-bond acceptors (Lipinski definition) is 6.